The number of nitrogens with one attached hydrogen (secondary N) is 1. The molecule has 0 aliphatic heterocycles. The first kappa shape index (κ1) is 21.3. The van der Waals surface area contributed by atoms with Crippen molar-refractivity contribution in [2.75, 3.05) is 0 Å². The molecule has 38 heavy (non-hydrogen) atoms. The third-order valence-corrected chi connectivity index (χ3v) is 8.09. The number of hydrogen-bond acceptors (Lipinski definition) is 0. The van der Waals surface area contributed by atoms with Gasteiger partial charge in [-0.1, -0.05) is 91.0 Å². The highest BCUT2D eigenvalue weighted by atomic mass is 15.0. The van der Waals surface area contributed by atoms with Crippen LogP contribution in [0.5, 0.6) is 0 Å². The Hall–Kier alpha value is -4.82. The van der Waals surface area contributed by atoms with E-state index in [-0.39, 0.29) is 0 Å². The van der Waals surface area contributed by atoms with Crippen LogP contribution in [0.4, 0.5) is 0 Å². The SMILES string of the molecule is C1=CC(c2ccccc2)CC(n2c3ccccc3c3cc(-c4ccc5[nH]c6ccccc6c5c4)ccc32)=C1. The first-order valence-corrected chi connectivity index (χ1v) is 13.3. The van der Waals surface area contributed by atoms with E-state index in [0.717, 1.165) is 6.42 Å². The van der Waals surface area contributed by atoms with Crippen LogP contribution < -0.4 is 0 Å². The van der Waals surface area contributed by atoms with E-state index in [2.05, 4.69) is 143 Å². The van der Waals surface area contributed by atoms with E-state index >= 15 is 0 Å². The van der Waals surface area contributed by atoms with Crippen molar-refractivity contribution in [3.63, 3.8) is 0 Å². The molecule has 5 aromatic carbocycles. The summed E-state index contributed by atoms with van der Waals surface area (Å²) in [5, 5.41) is 5.13. The highest BCUT2D eigenvalue weighted by Gasteiger charge is 2.19. The molecule has 7 aromatic rings. The lowest BCUT2D eigenvalue weighted by molar-refractivity contribution is 0.837. The van der Waals surface area contributed by atoms with Crippen molar-refractivity contribution in [1.29, 1.82) is 0 Å². The average molecular weight is 487 g/mol. The van der Waals surface area contributed by atoms with Crippen LogP contribution in [0.2, 0.25) is 0 Å². The second-order valence-corrected chi connectivity index (χ2v) is 10.3. The van der Waals surface area contributed by atoms with Crippen molar-refractivity contribution in [2.45, 2.75) is 12.3 Å². The molecule has 2 aromatic heterocycles. The normalized spacial score (nSPS) is 15.6. The Morgan fingerprint density at radius 1 is 0.579 bits per heavy atom. The number of nitrogens with zero attached hydrogens (tertiary/aromatic N) is 1. The third-order valence-electron chi connectivity index (χ3n) is 8.09. The van der Waals surface area contributed by atoms with Gasteiger partial charge in [0.15, 0.2) is 0 Å². The number of aromatic amines is 1. The molecule has 180 valence electrons. The molecule has 0 saturated carbocycles. The molecule has 1 unspecified atom stereocenters. The lowest BCUT2D eigenvalue weighted by Gasteiger charge is -2.21. The Balaban J connectivity index is 1.28. The third kappa shape index (κ3) is 3.27. The molecule has 0 bridgehead atoms. The summed E-state index contributed by atoms with van der Waals surface area (Å²) in [6.45, 7) is 0. The van der Waals surface area contributed by atoms with Gasteiger partial charge in [-0.3, -0.25) is 0 Å². The lowest BCUT2D eigenvalue weighted by Crippen LogP contribution is -2.05. The summed E-state index contributed by atoms with van der Waals surface area (Å²) < 4.78 is 2.47. The van der Waals surface area contributed by atoms with Gasteiger partial charge in [0, 0.05) is 44.2 Å². The van der Waals surface area contributed by atoms with Gasteiger partial charge in [-0.15, -0.1) is 0 Å². The molecular weight excluding hydrogens is 460 g/mol. The molecule has 1 N–H and O–H groups in total. The predicted octanol–water partition coefficient (Wildman–Crippen LogP) is 9.68. The van der Waals surface area contributed by atoms with Gasteiger partial charge in [0.1, 0.15) is 0 Å². The van der Waals surface area contributed by atoms with E-state index < -0.39 is 0 Å². The summed E-state index contributed by atoms with van der Waals surface area (Å²) in [5.41, 5.74) is 10.1. The quantitative estimate of drug-likeness (QED) is 0.257. The van der Waals surface area contributed by atoms with Gasteiger partial charge in [0.05, 0.1) is 11.0 Å². The fourth-order valence-corrected chi connectivity index (χ4v) is 6.25. The molecule has 1 aliphatic carbocycles. The predicted molar refractivity (Wildman–Crippen MR) is 161 cm³/mol. The Morgan fingerprint density at radius 2 is 1.26 bits per heavy atom. The molecule has 2 heteroatoms. The fraction of sp³-hybridized carbons (Fsp3) is 0.0556. The first-order chi connectivity index (χ1) is 18.8. The Morgan fingerprint density at radius 3 is 2.16 bits per heavy atom. The molecule has 0 radical (unpaired) electrons. The minimum Gasteiger partial charge on any atom is -0.355 e. The zero-order valence-electron chi connectivity index (χ0n) is 20.9. The minimum atomic E-state index is 0.384. The molecule has 2 heterocycles. The number of hydrogen-bond donors (Lipinski definition) is 1. The van der Waals surface area contributed by atoms with Crippen molar-refractivity contribution in [1.82, 2.24) is 9.55 Å². The number of fused-ring (bicyclic) bond motifs is 6. The number of para-hydroxylation sites is 2. The maximum atomic E-state index is 3.55. The number of H-pyrrole nitrogens is 1. The number of aromatic nitrogens is 2. The Labute approximate surface area is 221 Å². The summed E-state index contributed by atoms with van der Waals surface area (Å²) in [5.74, 6) is 0.384. The van der Waals surface area contributed by atoms with E-state index in [1.807, 2.05) is 0 Å². The van der Waals surface area contributed by atoms with Crippen LogP contribution in [-0.2, 0) is 0 Å². The van der Waals surface area contributed by atoms with E-state index in [1.54, 1.807) is 0 Å². The molecule has 1 atom stereocenters. The van der Waals surface area contributed by atoms with Gasteiger partial charge in [-0.25, -0.2) is 0 Å². The van der Waals surface area contributed by atoms with E-state index in [4.69, 9.17) is 0 Å². The Kier molecular flexibility index (Phi) is 4.68. The van der Waals surface area contributed by atoms with Crippen LogP contribution in [0.25, 0.3) is 60.4 Å². The zero-order valence-corrected chi connectivity index (χ0v) is 20.9. The summed E-state index contributed by atoms with van der Waals surface area (Å²) >= 11 is 0. The number of rotatable bonds is 3. The first-order valence-electron chi connectivity index (χ1n) is 13.3. The van der Waals surface area contributed by atoms with Crippen LogP contribution in [-0.4, -0.2) is 9.55 Å². The molecule has 8 rings (SSSR count). The van der Waals surface area contributed by atoms with Crippen molar-refractivity contribution < 1.29 is 0 Å². The molecule has 0 spiro atoms. The minimum absolute atomic E-state index is 0.384. The van der Waals surface area contributed by atoms with Crippen molar-refractivity contribution in [2.24, 2.45) is 0 Å². The highest BCUT2D eigenvalue weighted by molar-refractivity contribution is 6.12. The largest absolute Gasteiger partial charge is 0.355 e. The second kappa shape index (κ2) is 8.36. The zero-order chi connectivity index (χ0) is 25.1. The van der Waals surface area contributed by atoms with E-state index in [9.17, 15) is 0 Å². The van der Waals surface area contributed by atoms with Crippen LogP contribution in [0.3, 0.4) is 0 Å². The van der Waals surface area contributed by atoms with Crippen molar-refractivity contribution in [3.8, 4) is 11.1 Å². The molecule has 0 amide bonds. The monoisotopic (exact) mass is 486 g/mol. The van der Waals surface area contributed by atoms with Gasteiger partial charge < -0.3 is 9.55 Å². The van der Waals surface area contributed by atoms with Crippen LogP contribution in [0.15, 0.2) is 133 Å². The van der Waals surface area contributed by atoms with Crippen LogP contribution >= 0.6 is 0 Å². The maximum Gasteiger partial charge on any atom is 0.0538 e. The molecule has 0 fully saturated rings. The van der Waals surface area contributed by atoms with Crippen molar-refractivity contribution >= 4 is 49.3 Å². The molecular formula is C36H26N2. The second-order valence-electron chi connectivity index (χ2n) is 10.3. The number of allylic oxidation sites excluding steroid dienone is 4. The molecule has 0 saturated heterocycles. The Bertz CT molecular complexity index is 2050. The molecule has 2 nitrogen and oxygen atoms in total. The lowest BCUT2D eigenvalue weighted by atomic mass is 9.91. The van der Waals surface area contributed by atoms with E-state index in [0.29, 0.717) is 5.92 Å². The number of benzene rings is 5. The van der Waals surface area contributed by atoms with Gasteiger partial charge in [-0.2, -0.15) is 0 Å². The van der Waals surface area contributed by atoms with Crippen LogP contribution in [0.1, 0.15) is 17.9 Å². The summed E-state index contributed by atoms with van der Waals surface area (Å²) in [6, 6.07) is 41.9. The topological polar surface area (TPSA) is 20.7 Å². The van der Waals surface area contributed by atoms with Crippen molar-refractivity contribution in [3.05, 3.63) is 139 Å². The standard InChI is InChI=1S/C36H26N2/c1-2-9-24(10-3-1)25-11-8-12-28(21-25)38-35-16-7-5-14-30(35)32-23-27(18-20-36(32)38)26-17-19-34-31(22-26)29-13-4-6-15-33(29)37-34/h1-20,22-23,25,37H,21H2. The van der Waals surface area contributed by atoms with Gasteiger partial charge in [0.2, 0.25) is 0 Å². The smallest absolute Gasteiger partial charge is 0.0538 e. The molecule has 1 aliphatic rings. The summed E-state index contributed by atoms with van der Waals surface area (Å²) in [4.78, 5) is 3.55. The fourth-order valence-electron chi connectivity index (χ4n) is 6.25. The van der Waals surface area contributed by atoms with Crippen LogP contribution in [0, 0.1) is 0 Å². The summed E-state index contributed by atoms with van der Waals surface area (Å²) in [7, 11) is 0. The maximum absolute atomic E-state index is 3.55. The van der Waals surface area contributed by atoms with E-state index in [1.165, 1.54) is 66.0 Å². The highest BCUT2D eigenvalue weighted by Crippen LogP contribution is 2.39. The van der Waals surface area contributed by atoms with Gasteiger partial charge >= 0.3 is 0 Å². The average Bonchev–Trinajstić information content (AvgIpc) is 3.53. The van der Waals surface area contributed by atoms with Gasteiger partial charge in [-0.05, 0) is 65.6 Å². The summed E-state index contributed by atoms with van der Waals surface area (Å²) in [6.07, 6.45) is 7.81. The van der Waals surface area contributed by atoms with Gasteiger partial charge in [0.25, 0.3) is 0 Å².